The van der Waals surface area contributed by atoms with Gasteiger partial charge in [-0.05, 0) is 64.4 Å². The van der Waals surface area contributed by atoms with Crippen LogP contribution in [0.5, 0.6) is 0 Å². The number of thiophene rings is 1. The molecular formula is C15H26N2S. The minimum Gasteiger partial charge on any atom is -0.316 e. The third-order valence-electron chi connectivity index (χ3n) is 3.90. The molecule has 0 bridgehead atoms. The van der Waals surface area contributed by atoms with E-state index in [1.807, 2.05) is 11.3 Å². The summed E-state index contributed by atoms with van der Waals surface area (Å²) in [6.45, 7) is 11.7. The van der Waals surface area contributed by atoms with Crippen LogP contribution in [0, 0.1) is 12.8 Å². The Bertz CT molecular complexity index is 361. The fourth-order valence-electron chi connectivity index (χ4n) is 2.72. The Hall–Kier alpha value is -0.380. The largest absolute Gasteiger partial charge is 0.316 e. The molecular weight excluding hydrogens is 240 g/mol. The summed E-state index contributed by atoms with van der Waals surface area (Å²) in [5.74, 6) is 0.847. The number of hydrogen-bond acceptors (Lipinski definition) is 3. The molecule has 2 rings (SSSR count). The Kier molecular flexibility index (Phi) is 5.22. The lowest BCUT2D eigenvalue weighted by atomic mass is 10.1. The summed E-state index contributed by atoms with van der Waals surface area (Å²) in [7, 11) is 0. The number of likely N-dealkylation sites (tertiary alicyclic amines) is 1. The van der Waals surface area contributed by atoms with Crippen LogP contribution in [0.1, 0.15) is 42.5 Å². The maximum atomic E-state index is 3.56. The molecule has 3 heteroatoms. The van der Waals surface area contributed by atoms with Crippen molar-refractivity contribution in [2.75, 3.05) is 26.2 Å². The first-order chi connectivity index (χ1) is 8.70. The quantitative estimate of drug-likeness (QED) is 0.794. The predicted octanol–water partition coefficient (Wildman–Crippen LogP) is 3.44. The van der Waals surface area contributed by atoms with Crippen molar-refractivity contribution in [3.05, 3.63) is 21.9 Å². The Morgan fingerprint density at radius 3 is 3.00 bits per heavy atom. The molecule has 1 aromatic heterocycles. The summed E-state index contributed by atoms with van der Waals surface area (Å²) in [5.41, 5.74) is 0. The highest BCUT2D eigenvalue weighted by molar-refractivity contribution is 7.12. The van der Waals surface area contributed by atoms with Crippen LogP contribution >= 0.6 is 11.3 Å². The monoisotopic (exact) mass is 266 g/mol. The van der Waals surface area contributed by atoms with Gasteiger partial charge in [0, 0.05) is 22.3 Å². The summed E-state index contributed by atoms with van der Waals surface area (Å²) in [4.78, 5) is 5.59. The standard InChI is InChI=1S/C15H26N2S/c1-4-8-16-10-14-7-9-17(11-14)13(3)15-6-5-12(2)18-15/h5-6,13-14,16H,4,7-11H2,1-3H3. The van der Waals surface area contributed by atoms with Gasteiger partial charge in [-0.3, -0.25) is 4.90 Å². The number of aryl methyl sites for hydroxylation is 1. The van der Waals surface area contributed by atoms with E-state index in [0.29, 0.717) is 6.04 Å². The van der Waals surface area contributed by atoms with Crippen molar-refractivity contribution in [3.63, 3.8) is 0 Å². The molecule has 1 aromatic rings. The first-order valence-electron chi connectivity index (χ1n) is 7.21. The summed E-state index contributed by atoms with van der Waals surface area (Å²) >= 11 is 1.95. The molecule has 0 amide bonds. The molecule has 102 valence electrons. The fraction of sp³-hybridized carbons (Fsp3) is 0.733. The van der Waals surface area contributed by atoms with E-state index in [0.717, 1.165) is 12.5 Å². The average molecular weight is 266 g/mol. The Balaban J connectivity index is 1.81. The van der Waals surface area contributed by atoms with E-state index in [1.165, 1.54) is 42.2 Å². The van der Waals surface area contributed by atoms with Gasteiger partial charge in [0.25, 0.3) is 0 Å². The van der Waals surface area contributed by atoms with Crippen molar-refractivity contribution in [2.45, 2.75) is 39.7 Å². The summed E-state index contributed by atoms with van der Waals surface area (Å²) in [6, 6.07) is 5.14. The summed E-state index contributed by atoms with van der Waals surface area (Å²) < 4.78 is 0. The first-order valence-corrected chi connectivity index (χ1v) is 8.03. The van der Waals surface area contributed by atoms with Gasteiger partial charge in [-0.25, -0.2) is 0 Å². The Morgan fingerprint density at radius 1 is 1.50 bits per heavy atom. The lowest BCUT2D eigenvalue weighted by molar-refractivity contribution is 0.255. The van der Waals surface area contributed by atoms with Gasteiger partial charge >= 0.3 is 0 Å². The maximum absolute atomic E-state index is 3.56. The molecule has 2 unspecified atom stereocenters. The predicted molar refractivity (Wildman–Crippen MR) is 80.3 cm³/mol. The third kappa shape index (κ3) is 3.56. The smallest absolute Gasteiger partial charge is 0.0413 e. The van der Waals surface area contributed by atoms with Crippen molar-refractivity contribution in [2.24, 2.45) is 5.92 Å². The van der Waals surface area contributed by atoms with Gasteiger partial charge in [-0.2, -0.15) is 0 Å². The van der Waals surface area contributed by atoms with Gasteiger partial charge in [0.2, 0.25) is 0 Å². The molecule has 18 heavy (non-hydrogen) atoms. The van der Waals surface area contributed by atoms with Crippen LogP contribution in [0.25, 0.3) is 0 Å². The second-order valence-electron chi connectivity index (χ2n) is 5.48. The van der Waals surface area contributed by atoms with E-state index in [2.05, 4.69) is 43.1 Å². The van der Waals surface area contributed by atoms with Crippen molar-refractivity contribution >= 4 is 11.3 Å². The lowest BCUT2D eigenvalue weighted by Gasteiger charge is -2.23. The molecule has 1 N–H and O–H groups in total. The minimum atomic E-state index is 0.597. The van der Waals surface area contributed by atoms with Crippen molar-refractivity contribution in [3.8, 4) is 0 Å². The number of nitrogens with one attached hydrogen (secondary N) is 1. The highest BCUT2D eigenvalue weighted by Crippen LogP contribution is 2.31. The number of rotatable bonds is 6. The second kappa shape index (κ2) is 6.69. The van der Waals surface area contributed by atoms with Gasteiger partial charge in [0.1, 0.15) is 0 Å². The summed E-state index contributed by atoms with van der Waals surface area (Å²) in [6.07, 6.45) is 2.59. The van der Waals surface area contributed by atoms with Crippen LogP contribution in [0.3, 0.4) is 0 Å². The molecule has 1 fully saturated rings. The van der Waals surface area contributed by atoms with E-state index in [1.54, 1.807) is 0 Å². The van der Waals surface area contributed by atoms with E-state index in [4.69, 9.17) is 0 Å². The van der Waals surface area contributed by atoms with E-state index in [-0.39, 0.29) is 0 Å². The van der Waals surface area contributed by atoms with E-state index < -0.39 is 0 Å². The Morgan fingerprint density at radius 2 is 2.33 bits per heavy atom. The lowest BCUT2D eigenvalue weighted by Crippen LogP contribution is -2.28. The van der Waals surface area contributed by atoms with Crippen LogP contribution in [-0.4, -0.2) is 31.1 Å². The normalized spacial score (nSPS) is 22.5. The second-order valence-corrected chi connectivity index (χ2v) is 6.80. The maximum Gasteiger partial charge on any atom is 0.0413 e. The molecule has 2 heterocycles. The highest BCUT2D eigenvalue weighted by atomic mass is 32.1. The SMILES string of the molecule is CCCNCC1CCN(C(C)c2ccc(C)s2)C1. The molecule has 0 aromatic carbocycles. The first kappa shape index (κ1) is 14.0. The van der Waals surface area contributed by atoms with Gasteiger partial charge in [-0.1, -0.05) is 6.92 Å². The summed E-state index contributed by atoms with van der Waals surface area (Å²) in [5, 5.41) is 3.56. The van der Waals surface area contributed by atoms with Crippen LogP contribution in [0.15, 0.2) is 12.1 Å². The van der Waals surface area contributed by atoms with Crippen LogP contribution in [-0.2, 0) is 0 Å². The highest BCUT2D eigenvalue weighted by Gasteiger charge is 2.26. The molecule has 2 nitrogen and oxygen atoms in total. The third-order valence-corrected chi connectivity index (χ3v) is 5.07. The average Bonchev–Trinajstić information content (AvgIpc) is 2.98. The van der Waals surface area contributed by atoms with E-state index >= 15 is 0 Å². The molecule has 1 saturated heterocycles. The van der Waals surface area contributed by atoms with Gasteiger partial charge in [0.05, 0.1) is 0 Å². The number of nitrogens with zero attached hydrogens (tertiary/aromatic N) is 1. The minimum absolute atomic E-state index is 0.597. The molecule has 0 saturated carbocycles. The van der Waals surface area contributed by atoms with Crippen molar-refractivity contribution in [1.29, 1.82) is 0 Å². The molecule has 0 spiro atoms. The zero-order chi connectivity index (χ0) is 13.0. The van der Waals surface area contributed by atoms with Gasteiger partial charge in [0.15, 0.2) is 0 Å². The molecule has 1 aliphatic heterocycles. The molecule has 1 aliphatic rings. The molecule has 0 radical (unpaired) electrons. The topological polar surface area (TPSA) is 15.3 Å². The van der Waals surface area contributed by atoms with Gasteiger partial charge in [-0.15, -0.1) is 11.3 Å². The van der Waals surface area contributed by atoms with Crippen molar-refractivity contribution < 1.29 is 0 Å². The number of hydrogen-bond donors (Lipinski definition) is 1. The zero-order valence-electron chi connectivity index (χ0n) is 11.9. The molecule has 0 aliphatic carbocycles. The molecule has 2 atom stereocenters. The van der Waals surface area contributed by atoms with Crippen molar-refractivity contribution in [1.82, 2.24) is 10.2 Å². The Labute approximate surface area is 115 Å². The zero-order valence-corrected chi connectivity index (χ0v) is 12.7. The van der Waals surface area contributed by atoms with Crippen LogP contribution in [0.2, 0.25) is 0 Å². The van der Waals surface area contributed by atoms with Crippen LogP contribution in [0.4, 0.5) is 0 Å². The fourth-order valence-corrected chi connectivity index (χ4v) is 3.69. The van der Waals surface area contributed by atoms with Gasteiger partial charge < -0.3 is 5.32 Å². The van der Waals surface area contributed by atoms with Crippen LogP contribution < -0.4 is 5.32 Å². The van der Waals surface area contributed by atoms with E-state index in [9.17, 15) is 0 Å².